The maximum atomic E-state index is 11.7. The topological polar surface area (TPSA) is 60.2 Å². The molecular weight excluding hydrogens is 278 g/mol. The Kier molecular flexibility index (Phi) is 3.13. The molecule has 0 spiro atoms. The number of rotatable bonds is 3. The molecule has 4 nitrogen and oxygen atoms in total. The Morgan fingerprint density at radius 1 is 1.14 bits per heavy atom. The van der Waals surface area contributed by atoms with E-state index in [-0.39, 0.29) is 21.8 Å². The summed E-state index contributed by atoms with van der Waals surface area (Å²) < 4.78 is 0. The number of non-ortho nitro benzene ring substituents is 1. The first-order valence-electron chi connectivity index (χ1n) is 7.33. The van der Waals surface area contributed by atoms with Gasteiger partial charge in [0.25, 0.3) is 5.69 Å². The van der Waals surface area contributed by atoms with Gasteiger partial charge in [0.05, 0.1) is 4.92 Å². The van der Waals surface area contributed by atoms with E-state index in [1.165, 1.54) is 0 Å². The lowest BCUT2D eigenvalue weighted by atomic mass is 9.77. The minimum Gasteiger partial charge on any atom is -0.295 e. The van der Waals surface area contributed by atoms with Crippen LogP contribution in [0.25, 0.3) is 11.1 Å². The largest absolute Gasteiger partial charge is 0.295 e. The van der Waals surface area contributed by atoms with Gasteiger partial charge < -0.3 is 0 Å². The quantitative estimate of drug-likeness (QED) is 0.476. The van der Waals surface area contributed by atoms with Crippen molar-refractivity contribution in [3.05, 3.63) is 63.2 Å². The molecule has 0 N–H and O–H groups in total. The predicted molar refractivity (Wildman–Crippen MR) is 85.3 cm³/mol. The summed E-state index contributed by atoms with van der Waals surface area (Å²) in [5.74, 6) is 0.0307. The Bertz CT molecular complexity index is 744. The summed E-state index contributed by atoms with van der Waals surface area (Å²) in [6.07, 6.45) is 0.815. The van der Waals surface area contributed by atoms with Gasteiger partial charge in [-0.25, -0.2) is 0 Å². The number of Topliss-reactive ketones (excluding diaryl/α,β-unsaturated/α-hetero) is 1. The van der Waals surface area contributed by atoms with Crippen LogP contribution in [0.15, 0.2) is 36.4 Å². The Balaban J connectivity index is 2.29. The van der Waals surface area contributed by atoms with Crippen molar-refractivity contribution in [2.24, 2.45) is 0 Å². The number of carbonyl (C=O) groups is 1. The third kappa shape index (κ3) is 1.87. The number of nitrogens with zero attached hydrogens (tertiary/aromatic N) is 1. The molecule has 0 saturated carbocycles. The number of nitro groups is 1. The molecule has 0 aliphatic heterocycles. The lowest BCUT2D eigenvalue weighted by Crippen LogP contribution is -2.19. The molecule has 1 unspecified atom stereocenters. The van der Waals surface area contributed by atoms with Crippen LogP contribution in [0.4, 0.5) is 5.69 Å². The minimum atomic E-state index is -0.361. The first kappa shape index (κ1) is 14.4. The second kappa shape index (κ2) is 4.77. The van der Waals surface area contributed by atoms with Crippen molar-refractivity contribution in [2.75, 3.05) is 0 Å². The van der Waals surface area contributed by atoms with Crippen molar-refractivity contribution in [3.63, 3.8) is 0 Å². The van der Waals surface area contributed by atoms with E-state index in [2.05, 4.69) is 13.8 Å². The lowest BCUT2D eigenvalue weighted by Gasteiger charge is -2.25. The average molecular weight is 295 g/mol. The molecule has 1 aliphatic rings. The minimum absolute atomic E-state index is 0.0307. The zero-order valence-corrected chi connectivity index (χ0v) is 12.8. The highest BCUT2D eigenvalue weighted by Crippen LogP contribution is 2.51. The van der Waals surface area contributed by atoms with Crippen molar-refractivity contribution < 1.29 is 9.72 Å². The second-order valence-electron chi connectivity index (χ2n) is 5.99. The lowest BCUT2D eigenvalue weighted by molar-refractivity contribution is -0.384. The number of fused-ring (bicyclic) bond motifs is 3. The van der Waals surface area contributed by atoms with Crippen LogP contribution in [0.5, 0.6) is 0 Å². The molecule has 0 heterocycles. The van der Waals surface area contributed by atoms with Crippen molar-refractivity contribution in [2.45, 2.75) is 32.6 Å². The van der Waals surface area contributed by atoms with Gasteiger partial charge in [-0.1, -0.05) is 26.0 Å². The number of hydrogen-bond donors (Lipinski definition) is 0. The number of carbonyl (C=O) groups excluding carboxylic acids is 1. The number of benzene rings is 2. The molecule has 112 valence electrons. The first-order valence-corrected chi connectivity index (χ1v) is 7.33. The third-order valence-corrected chi connectivity index (χ3v) is 4.83. The molecule has 22 heavy (non-hydrogen) atoms. The number of hydrogen-bond acceptors (Lipinski definition) is 3. The summed E-state index contributed by atoms with van der Waals surface area (Å²) in [4.78, 5) is 22.4. The molecule has 0 radical (unpaired) electrons. The van der Waals surface area contributed by atoms with Crippen LogP contribution in [-0.2, 0) is 5.41 Å². The third-order valence-electron chi connectivity index (χ3n) is 4.83. The van der Waals surface area contributed by atoms with Gasteiger partial charge >= 0.3 is 0 Å². The highest BCUT2D eigenvalue weighted by atomic mass is 16.6. The fourth-order valence-electron chi connectivity index (χ4n) is 3.32. The summed E-state index contributed by atoms with van der Waals surface area (Å²) >= 11 is 0. The summed E-state index contributed by atoms with van der Waals surface area (Å²) in [5.41, 5.74) is 4.64. The molecule has 3 rings (SSSR count). The molecule has 0 bridgehead atoms. The smallest absolute Gasteiger partial charge is 0.269 e. The van der Waals surface area contributed by atoms with E-state index in [1.54, 1.807) is 19.1 Å². The fourth-order valence-corrected chi connectivity index (χ4v) is 3.32. The van der Waals surface area contributed by atoms with Crippen LogP contribution in [0.1, 0.15) is 48.7 Å². The summed E-state index contributed by atoms with van der Waals surface area (Å²) in [7, 11) is 0. The molecule has 0 amide bonds. The van der Waals surface area contributed by atoms with Gasteiger partial charge in [-0.3, -0.25) is 14.9 Å². The highest BCUT2D eigenvalue weighted by Gasteiger charge is 2.39. The monoisotopic (exact) mass is 295 g/mol. The van der Waals surface area contributed by atoms with Crippen molar-refractivity contribution in [1.82, 2.24) is 0 Å². The molecule has 1 aliphatic carbocycles. The Morgan fingerprint density at radius 3 is 2.27 bits per heavy atom. The maximum Gasteiger partial charge on any atom is 0.269 e. The summed E-state index contributed by atoms with van der Waals surface area (Å²) in [5, 5.41) is 11.1. The molecule has 2 aromatic carbocycles. The predicted octanol–water partition coefficient (Wildman–Crippen LogP) is 4.49. The molecule has 0 aromatic heterocycles. The Labute approximate surface area is 128 Å². The van der Waals surface area contributed by atoms with Crippen LogP contribution in [0, 0.1) is 10.1 Å². The van der Waals surface area contributed by atoms with Crippen LogP contribution in [-0.4, -0.2) is 10.7 Å². The van der Waals surface area contributed by atoms with E-state index < -0.39 is 0 Å². The van der Waals surface area contributed by atoms with Gasteiger partial charge in [-0.2, -0.15) is 0 Å². The van der Waals surface area contributed by atoms with Gasteiger partial charge in [0, 0.05) is 23.1 Å². The van der Waals surface area contributed by atoms with Gasteiger partial charge in [0.1, 0.15) is 0 Å². The fraction of sp³-hybridized carbons (Fsp3) is 0.278. The van der Waals surface area contributed by atoms with Crippen LogP contribution >= 0.6 is 0 Å². The Hall–Kier alpha value is -2.49. The standard InChI is InChI=1S/C18H17NO3/c1-4-18(3)16-9-12(11(2)20)5-7-14(16)15-8-6-13(19(21)22)10-17(15)18/h5-10H,4H2,1-3H3. The van der Waals surface area contributed by atoms with E-state index in [0.717, 1.165) is 28.7 Å². The normalized spacial score (nSPS) is 18.7. The van der Waals surface area contributed by atoms with Crippen LogP contribution < -0.4 is 0 Å². The highest BCUT2D eigenvalue weighted by molar-refractivity contribution is 5.96. The van der Waals surface area contributed by atoms with Crippen molar-refractivity contribution in [3.8, 4) is 11.1 Å². The summed E-state index contributed by atoms with van der Waals surface area (Å²) in [6.45, 7) is 5.71. The van der Waals surface area contributed by atoms with E-state index in [9.17, 15) is 14.9 Å². The summed E-state index contributed by atoms with van der Waals surface area (Å²) in [6, 6.07) is 10.8. The number of ketones is 1. The van der Waals surface area contributed by atoms with Gasteiger partial charge in [0.2, 0.25) is 0 Å². The SMILES string of the molecule is CCC1(C)c2cc(C(C)=O)ccc2-c2ccc([N+](=O)[O-])cc21. The number of nitro benzene ring substituents is 1. The van der Waals surface area contributed by atoms with E-state index in [1.807, 2.05) is 24.3 Å². The Morgan fingerprint density at radius 2 is 1.73 bits per heavy atom. The zero-order valence-electron chi connectivity index (χ0n) is 12.8. The molecule has 0 saturated heterocycles. The zero-order chi connectivity index (χ0) is 16.1. The molecular formula is C18H17NO3. The van der Waals surface area contributed by atoms with Gasteiger partial charge in [-0.15, -0.1) is 0 Å². The first-order chi connectivity index (χ1) is 10.4. The van der Waals surface area contributed by atoms with E-state index in [0.29, 0.717) is 5.56 Å². The van der Waals surface area contributed by atoms with Crippen molar-refractivity contribution >= 4 is 11.5 Å². The van der Waals surface area contributed by atoms with Gasteiger partial charge in [-0.05, 0) is 47.7 Å². The van der Waals surface area contributed by atoms with Crippen LogP contribution in [0.3, 0.4) is 0 Å². The second-order valence-corrected chi connectivity index (χ2v) is 5.99. The van der Waals surface area contributed by atoms with Crippen LogP contribution in [0.2, 0.25) is 0 Å². The average Bonchev–Trinajstić information content (AvgIpc) is 2.76. The van der Waals surface area contributed by atoms with E-state index >= 15 is 0 Å². The maximum absolute atomic E-state index is 11.7. The molecule has 0 fully saturated rings. The molecule has 2 aromatic rings. The van der Waals surface area contributed by atoms with Gasteiger partial charge in [0.15, 0.2) is 5.78 Å². The van der Waals surface area contributed by atoms with E-state index in [4.69, 9.17) is 0 Å². The molecule has 4 heteroatoms. The molecule has 1 atom stereocenters. The van der Waals surface area contributed by atoms with Crippen molar-refractivity contribution in [1.29, 1.82) is 0 Å².